The molecule has 1 saturated heterocycles. The van der Waals surface area contributed by atoms with Crippen LogP contribution in [0.15, 0.2) is 42.5 Å². The smallest absolute Gasteiger partial charge is 0.260 e. The number of aryl methyl sites for hydroxylation is 3. The van der Waals surface area contributed by atoms with Crippen LogP contribution in [-0.2, 0) is 22.4 Å². The molecule has 0 saturated carbocycles. The summed E-state index contributed by atoms with van der Waals surface area (Å²) in [6, 6.07) is 14.4. The number of benzene rings is 2. The largest absolute Gasteiger partial charge is 0.484 e. The normalized spacial score (nSPS) is 16.7. The molecule has 0 aliphatic carbocycles. The van der Waals surface area contributed by atoms with Crippen LogP contribution in [0.2, 0.25) is 0 Å². The van der Waals surface area contributed by atoms with E-state index in [1.165, 1.54) is 17.5 Å². The molecule has 5 nitrogen and oxygen atoms in total. The van der Waals surface area contributed by atoms with Crippen molar-refractivity contribution in [2.45, 2.75) is 45.4 Å². The number of fused-ring (bicyclic) bond motifs is 1. The van der Waals surface area contributed by atoms with Crippen molar-refractivity contribution in [2.24, 2.45) is 5.92 Å². The van der Waals surface area contributed by atoms with Gasteiger partial charge in [-0.2, -0.15) is 0 Å². The average molecular weight is 407 g/mol. The molecule has 4 rings (SSSR count). The van der Waals surface area contributed by atoms with Crippen LogP contribution in [0.25, 0.3) is 0 Å². The van der Waals surface area contributed by atoms with Crippen LogP contribution < -0.4 is 10.1 Å². The summed E-state index contributed by atoms with van der Waals surface area (Å²) >= 11 is 0. The van der Waals surface area contributed by atoms with Gasteiger partial charge in [-0.1, -0.05) is 29.8 Å². The van der Waals surface area contributed by atoms with Crippen molar-refractivity contribution in [3.63, 3.8) is 0 Å². The number of hydrogen-bond acceptors (Lipinski definition) is 3. The Morgan fingerprint density at radius 2 is 1.87 bits per heavy atom. The van der Waals surface area contributed by atoms with E-state index in [1.807, 2.05) is 23.1 Å². The highest BCUT2D eigenvalue weighted by atomic mass is 16.5. The Morgan fingerprint density at radius 3 is 2.63 bits per heavy atom. The minimum absolute atomic E-state index is 0.0496. The molecule has 2 aromatic rings. The molecule has 0 bridgehead atoms. The van der Waals surface area contributed by atoms with Crippen molar-refractivity contribution < 1.29 is 14.3 Å². The molecule has 1 N–H and O–H groups in total. The lowest BCUT2D eigenvalue weighted by molar-refractivity contribution is -0.134. The second-order valence-electron chi connectivity index (χ2n) is 8.50. The van der Waals surface area contributed by atoms with E-state index in [2.05, 4.69) is 36.5 Å². The van der Waals surface area contributed by atoms with E-state index in [4.69, 9.17) is 4.74 Å². The third-order valence-corrected chi connectivity index (χ3v) is 6.26. The Bertz CT molecular complexity index is 899. The summed E-state index contributed by atoms with van der Waals surface area (Å²) in [7, 11) is 0. The molecule has 2 amide bonds. The minimum Gasteiger partial charge on any atom is -0.484 e. The summed E-state index contributed by atoms with van der Waals surface area (Å²) in [5.41, 5.74) is 4.61. The summed E-state index contributed by atoms with van der Waals surface area (Å²) < 4.78 is 5.75. The van der Waals surface area contributed by atoms with Gasteiger partial charge in [0.25, 0.3) is 5.91 Å². The molecule has 0 unspecified atom stereocenters. The maximum Gasteiger partial charge on any atom is 0.260 e. The van der Waals surface area contributed by atoms with Crippen LogP contribution in [0.5, 0.6) is 5.75 Å². The fourth-order valence-electron chi connectivity index (χ4n) is 4.28. The van der Waals surface area contributed by atoms with Crippen LogP contribution in [0.1, 0.15) is 42.4 Å². The molecule has 2 heterocycles. The van der Waals surface area contributed by atoms with Crippen LogP contribution >= 0.6 is 0 Å². The number of carbonyl (C=O) groups excluding carboxylic acids is 2. The van der Waals surface area contributed by atoms with Gasteiger partial charge in [0.05, 0.1) is 0 Å². The number of anilines is 1. The number of carbonyl (C=O) groups is 2. The van der Waals surface area contributed by atoms with Crippen LogP contribution in [0.4, 0.5) is 5.69 Å². The number of hydrogen-bond donors (Lipinski definition) is 1. The van der Waals surface area contributed by atoms with Crippen molar-refractivity contribution in [1.29, 1.82) is 0 Å². The molecule has 0 aromatic heterocycles. The molecular weight excluding hydrogens is 376 g/mol. The second-order valence-corrected chi connectivity index (χ2v) is 8.50. The lowest BCUT2D eigenvalue weighted by Gasteiger charge is -2.32. The van der Waals surface area contributed by atoms with Gasteiger partial charge in [0, 0.05) is 25.2 Å². The van der Waals surface area contributed by atoms with E-state index >= 15 is 0 Å². The van der Waals surface area contributed by atoms with Crippen molar-refractivity contribution >= 4 is 17.5 Å². The number of rotatable bonds is 6. The molecule has 158 valence electrons. The Hall–Kier alpha value is -2.82. The number of piperidine rings is 1. The molecule has 2 aromatic carbocycles. The maximum absolute atomic E-state index is 12.6. The van der Waals surface area contributed by atoms with Gasteiger partial charge in [0.15, 0.2) is 6.61 Å². The topological polar surface area (TPSA) is 58.6 Å². The zero-order valence-electron chi connectivity index (χ0n) is 17.7. The van der Waals surface area contributed by atoms with Gasteiger partial charge in [-0.25, -0.2) is 0 Å². The molecule has 0 atom stereocenters. The minimum atomic E-state index is 0.0496. The molecule has 5 heteroatoms. The summed E-state index contributed by atoms with van der Waals surface area (Å²) in [4.78, 5) is 26.0. The predicted molar refractivity (Wildman–Crippen MR) is 118 cm³/mol. The van der Waals surface area contributed by atoms with E-state index in [0.29, 0.717) is 24.5 Å². The van der Waals surface area contributed by atoms with Gasteiger partial charge in [-0.15, -0.1) is 0 Å². The first-order valence-electron chi connectivity index (χ1n) is 11.0. The summed E-state index contributed by atoms with van der Waals surface area (Å²) in [6.07, 6.45) is 5.64. The van der Waals surface area contributed by atoms with Gasteiger partial charge in [0.2, 0.25) is 5.91 Å². The Kier molecular flexibility index (Phi) is 6.36. The van der Waals surface area contributed by atoms with Crippen molar-refractivity contribution in [2.75, 3.05) is 25.0 Å². The Labute approximate surface area is 178 Å². The summed E-state index contributed by atoms with van der Waals surface area (Å²) in [5.74, 6) is 1.48. The number of nitrogens with zero attached hydrogens (tertiary/aromatic N) is 1. The van der Waals surface area contributed by atoms with Crippen molar-refractivity contribution in [3.8, 4) is 5.75 Å². The highest BCUT2D eigenvalue weighted by molar-refractivity contribution is 5.94. The van der Waals surface area contributed by atoms with Gasteiger partial charge in [0.1, 0.15) is 5.75 Å². The molecule has 0 radical (unpaired) electrons. The van der Waals surface area contributed by atoms with Crippen LogP contribution in [0, 0.1) is 12.8 Å². The highest BCUT2D eigenvalue weighted by Crippen LogP contribution is 2.27. The van der Waals surface area contributed by atoms with Gasteiger partial charge >= 0.3 is 0 Å². The average Bonchev–Trinajstić information content (AvgIpc) is 2.77. The van der Waals surface area contributed by atoms with Crippen LogP contribution in [-0.4, -0.2) is 36.4 Å². The van der Waals surface area contributed by atoms with E-state index in [1.54, 1.807) is 0 Å². The number of amides is 2. The van der Waals surface area contributed by atoms with Gasteiger partial charge < -0.3 is 15.0 Å². The van der Waals surface area contributed by atoms with E-state index in [-0.39, 0.29) is 18.4 Å². The zero-order chi connectivity index (χ0) is 20.9. The monoisotopic (exact) mass is 406 g/mol. The maximum atomic E-state index is 12.6. The van der Waals surface area contributed by atoms with Crippen LogP contribution in [0.3, 0.4) is 0 Å². The fraction of sp³-hybridized carbons (Fsp3) is 0.440. The van der Waals surface area contributed by atoms with E-state index < -0.39 is 0 Å². The zero-order valence-corrected chi connectivity index (χ0v) is 17.7. The number of ether oxygens (including phenoxy) is 1. The van der Waals surface area contributed by atoms with E-state index in [9.17, 15) is 9.59 Å². The Balaban J connectivity index is 1.20. The molecule has 1 fully saturated rings. The van der Waals surface area contributed by atoms with Crippen molar-refractivity contribution in [3.05, 3.63) is 59.2 Å². The summed E-state index contributed by atoms with van der Waals surface area (Å²) in [6.45, 7) is 3.82. The lowest BCUT2D eigenvalue weighted by atomic mass is 9.90. The number of likely N-dealkylation sites (tertiary alicyclic amines) is 1. The first-order valence-corrected chi connectivity index (χ1v) is 11.0. The fourth-order valence-corrected chi connectivity index (χ4v) is 4.28. The third-order valence-electron chi connectivity index (χ3n) is 6.26. The molecule has 2 aliphatic heterocycles. The predicted octanol–water partition coefficient (Wildman–Crippen LogP) is 4.13. The Morgan fingerprint density at radius 1 is 1.10 bits per heavy atom. The molecular formula is C25H30N2O3. The highest BCUT2D eigenvalue weighted by Gasteiger charge is 2.23. The quantitative estimate of drug-likeness (QED) is 0.785. The second kappa shape index (κ2) is 9.33. The van der Waals surface area contributed by atoms with E-state index in [0.717, 1.165) is 43.6 Å². The van der Waals surface area contributed by atoms with Gasteiger partial charge in [-0.05, 0) is 74.3 Å². The molecule has 30 heavy (non-hydrogen) atoms. The van der Waals surface area contributed by atoms with Crippen molar-refractivity contribution in [1.82, 2.24) is 4.90 Å². The first kappa shape index (κ1) is 20.5. The number of nitrogens with one attached hydrogen (secondary N) is 1. The molecule has 0 spiro atoms. The van der Waals surface area contributed by atoms with Gasteiger partial charge in [-0.3, -0.25) is 9.59 Å². The third kappa shape index (κ3) is 5.21. The lowest BCUT2D eigenvalue weighted by Crippen LogP contribution is -2.41. The first-order chi connectivity index (χ1) is 14.6. The SMILES string of the molecule is Cc1ccc(CCC2CCN(C(=O)COc3ccc4c(c3)CCC(=O)N4)CC2)cc1. The standard InChI is InChI=1S/C25H30N2O3/c1-18-2-4-19(5-3-18)6-7-20-12-14-27(15-13-20)25(29)17-30-22-9-10-23-21(16-22)8-11-24(28)26-23/h2-5,9-10,16,20H,6-8,11-15,17H2,1H3,(H,26,28). The summed E-state index contributed by atoms with van der Waals surface area (Å²) in [5, 5.41) is 2.86. The molecule has 2 aliphatic rings.